The summed E-state index contributed by atoms with van der Waals surface area (Å²) < 4.78 is 5.28. The first-order valence-corrected chi connectivity index (χ1v) is 8.95. The molecule has 1 atom stereocenters. The Bertz CT molecular complexity index is 972. The number of amides is 1. The summed E-state index contributed by atoms with van der Waals surface area (Å²) in [5.74, 6) is 0.317. The van der Waals surface area contributed by atoms with Crippen molar-refractivity contribution in [1.29, 1.82) is 0 Å². The highest BCUT2D eigenvalue weighted by molar-refractivity contribution is 5.93. The Hall–Kier alpha value is -3.12. The Balaban J connectivity index is 1.63. The number of carbonyl (C=O) groups excluding carboxylic acids is 1. The van der Waals surface area contributed by atoms with Crippen LogP contribution in [0.3, 0.4) is 0 Å². The van der Waals surface area contributed by atoms with E-state index in [2.05, 4.69) is 17.0 Å². The number of fused-ring (bicyclic) bond motifs is 1. The first-order valence-electron chi connectivity index (χ1n) is 8.95. The third kappa shape index (κ3) is 3.31. The topological polar surface area (TPSA) is 74.7 Å². The number of anilines is 1. The number of rotatable bonds is 4. The molecule has 3 aromatic rings. The van der Waals surface area contributed by atoms with Gasteiger partial charge in [0.25, 0.3) is 5.91 Å². The Morgan fingerprint density at radius 2 is 2.00 bits per heavy atom. The number of hydroxylamine groups is 1. The van der Waals surface area contributed by atoms with E-state index in [1.165, 1.54) is 0 Å². The fourth-order valence-corrected chi connectivity index (χ4v) is 3.68. The van der Waals surface area contributed by atoms with Crippen LogP contribution in [0.1, 0.15) is 34.9 Å². The van der Waals surface area contributed by atoms with E-state index in [9.17, 15) is 4.79 Å². The lowest BCUT2D eigenvalue weighted by atomic mass is 10.1. The molecule has 0 radical (unpaired) electrons. The van der Waals surface area contributed by atoms with Gasteiger partial charge in [-0.3, -0.25) is 15.0 Å². The van der Waals surface area contributed by atoms with Gasteiger partial charge >= 0.3 is 0 Å². The van der Waals surface area contributed by atoms with Gasteiger partial charge in [-0.15, -0.1) is 0 Å². The molecule has 4 rings (SSSR count). The number of benzene rings is 2. The van der Waals surface area contributed by atoms with Crippen molar-refractivity contribution >= 4 is 22.5 Å². The average molecular weight is 363 g/mol. The van der Waals surface area contributed by atoms with Gasteiger partial charge in [-0.05, 0) is 61.4 Å². The molecular weight excluding hydrogens is 342 g/mol. The number of nitrogens with one attached hydrogen (secondary N) is 1. The van der Waals surface area contributed by atoms with Gasteiger partial charge in [-0.25, -0.2) is 5.48 Å². The quantitative estimate of drug-likeness (QED) is 0.546. The van der Waals surface area contributed by atoms with Crippen LogP contribution in [0, 0.1) is 0 Å². The van der Waals surface area contributed by atoms with Crippen LogP contribution in [-0.4, -0.2) is 29.8 Å². The van der Waals surface area contributed by atoms with Gasteiger partial charge < -0.3 is 9.64 Å². The maximum absolute atomic E-state index is 11.5. The van der Waals surface area contributed by atoms with Crippen LogP contribution in [0.15, 0.2) is 54.6 Å². The number of nitrogens with zero attached hydrogens (tertiary/aromatic N) is 2. The fraction of sp³-hybridized carbons (Fsp3) is 0.238. The van der Waals surface area contributed by atoms with Gasteiger partial charge in [0.2, 0.25) is 0 Å². The summed E-state index contributed by atoms with van der Waals surface area (Å²) >= 11 is 0. The van der Waals surface area contributed by atoms with Gasteiger partial charge in [-0.2, -0.15) is 0 Å². The van der Waals surface area contributed by atoms with Gasteiger partial charge in [-0.1, -0.05) is 6.07 Å². The number of hydrogen-bond donors (Lipinski definition) is 2. The fourth-order valence-electron chi connectivity index (χ4n) is 3.68. The Morgan fingerprint density at radius 3 is 2.74 bits per heavy atom. The van der Waals surface area contributed by atoms with Gasteiger partial charge in [0.05, 0.1) is 24.4 Å². The number of methoxy groups -OCH3 is 1. The van der Waals surface area contributed by atoms with Crippen molar-refractivity contribution in [3.05, 3.63) is 65.9 Å². The summed E-state index contributed by atoms with van der Waals surface area (Å²) in [6, 6.07) is 17.5. The van der Waals surface area contributed by atoms with Crippen LogP contribution in [0.25, 0.3) is 10.9 Å². The van der Waals surface area contributed by atoms with Gasteiger partial charge in [0, 0.05) is 23.2 Å². The number of hydrogen-bond acceptors (Lipinski definition) is 5. The van der Waals surface area contributed by atoms with E-state index >= 15 is 0 Å². The summed E-state index contributed by atoms with van der Waals surface area (Å²) in [5, 5.41) is 9.81. The van der Waals surface area contributed by atoms with Crippen LogP contribution in [0.2, 0.25) is 0 Å². The molecule has 1 aliphatic rings. The van der Waals surface area contributed by atoms with Crippen molar-refractivity contribution in [2.45, 2.75) is 18.9 Å². The van der Waals surface area contributed by atoms with Crippen LogP contribution in [-0.2, 0) is 0 Å². The molecular formula is C21H21N3O3. The summed E-state index contributed by atoms with van der Waals surface area (Å²) in [4.78, 5) is 18.7. The van der Waals surface area contributed by atoms with Gasteiger partial charge in [0.1, 0.15) is 5.75 Å². The third-order valence-corrected chi connectivity index (χ3v) is 5.07. The van der Waals surface area contributed by atoms with Crippen LogP contribution in [0.5, 0.6) is 5.75 Å². The van der Waals surface area contributed by atoms with Crippen molar-refractivity contribution < 1.29 is 14.7 Å². The molecule has 6 heteroatoms. The highest BCUT2D eigenvalue weighted by atomic mass is 16.5. The molecule has 138 valence electrons. The normalized spacial score (nSPS) is 16.5. The second-order valence-corrected chi connectivity index (χ2v) is 6.63. The minimum Gasteiger partial charge on any atom is -0.497 e. The maximum Gasteiger partial charge on any atom is 0.274 e. The maximum atomic E-state index is 11.5. The van der Waals surface area contributed by atoms with Crippen molar-refractivity contribution in [3.8, 4) is 5.75 Å². The summed E-state index contributed by atoms with van der Waals surface area (Å²) in [6.45, 7) is 0.943. The molecule has 6 nitrogen and oxygen atoms in total. The first-order chi connectivity index (χ1) is 13.2. The number of carbonyl (C=O) groups is 1. The number of ether oxygens (including phenoxy) is 1. The minimum atomic E-state index is -0.508. The molecule has 1 fully saturated rings. The third-order valence-electron chi connectivity index (χ3n) is 5.07. The molecule has 2 aromatic carbocycles. The summed E-state index contributed by atoms with van der Waals surface area (Å²) in [5.41, 5.74) is 5.13. The molecule has 27 heavy (non-hydrogen) atoms. The highest BCUT2D eigenvalue weighted by Gasteiger charge is 2.27. The van der Waals surface area contributed by atoms with Gasteiger partial charge in [0.15, 0.2) is 0 Å². The van der Waals surface area contributed by atoms with E-state index in [0.717, 1.165) is 47.4 Å². The highest BCUT2D eigenvalue weighted by Crippen LogP contribution is 2.36. The van der Waals surface area contributed by atoms with E-state index in [1.54, 1.807) is 24.7 Å². The zero-order valence-electron chi connectivity index (χ0n) is 15.1. The molecule has 0 spiro atoms. The Morgan fingerprint density at radius 1 is 1.19 bits per heavy atom. The molecule has 0 bridgehead atoms. The lowest BCUT2D eigenvalue weighted by Gasteiger charge is -2.27. The molecule has 0 aliphatic carbocycles. The molecule has 1 saturated heterocycles. The second kappa shape index (κ2) is 7.25. The lowest BCUT2D eigenvalue weighted by Crippen LogP contribution is -2.23. The van der Waals surface area contributed by atoms with E-state index in [0.29, 0.717) is 5.56 Å². The van der Waals surface area contributed by atoms with Crippen LogP contribution < -0.4 is 15.1 Å². The van der Waals surface area contributed by atoms with Crippen LogP contribution >= 0.6 is 0 Å². The van der Waals surface area contributed by atoms with Crippen molar-refractivity contribution in [3.63, 3.8) is 0 Å². The monoisotopic (exact) mass is 363 g/mol. The van der Waals surface area contributed by atoms with E-state index < -0.39 is 5.91 Å². The minimum absolute atomic E-state index is 0.203. The Kier molecular flexibility index (Phi) is 4.64. The molecule has 2 N–H and O–H groups in total. The summed E-state index contributed by atoms with van der Waals surface area (Å²) in [7, 11) is 1.66. The largest absolute Gasteiger partial charge is 0.497 e. The molecule has 1 unspecified atom stereocenters. The molecule has 1 amide bonds. The average Bonchev–Trinajstić information content (AvgIpc) is 3.22. The SMILES string of the molecule is COc1ccc2nc(C3CCCN3c3ccc(C(=O)NO)cc3)ccc2c1. The lowest BCUT2D eigenvalue weighted by molar-refractivity contribution is 0.0706. The second-order valence-electron chi connectivity index (χ2n) is 6.63. The molecule has 1 aliphatic heterocycles. The smallest absolute Gasteiger partial charge is 0.274 e. The van der Waals surface area contributed by atoms with E-state index in [4.69, 9.17) is 14.9 Å². The van der Waals surface area contributed by atoms with Crippen molar-refractivity contribution in [2.24, 2.45) is 0 Å². The van der Waals surface area contributed by atoms with Crippen molar-refractivity contribution in [2.75, 3.05) is 18.6 Å². The predicted octanol–water partition coefficient (Wildman–Crippen LogP) is 3.70. The summed E-state index contributed by atoms with van der Waals surface area (Å²) in [6.07, 6.45) is 2.12. The molecule has 2 heterocycles. The molecule has 0 saturated carbocycles. The van der Waals surface area contributed by atoms with E-state index in [-0.39, 0.29) is 6.04 Å². The Labute approximate surface area is 157 Å². The zero-order chi connectivity index (χ0) is 18.8. The number of pyridine rings is 1. The van der Waals surface area contributed by atoms with Crippen LogP contribution in [0.4, 0.5) is 5.69 Å². The van der Waals surface area contributed by atoms with E-state index in [1.807, 2.05) is 30.3 Å². The number of aromatic nitrogens is 1. The van der Waals surface area contributed by atoms with Crippen molar-refractivity contribution in [1.82, 2.24) is 10.5 Å². The first kappa shape index (κ1) is 17.3. The standard InChI is InChI=1S/C21H21N3O3/c1-27-17-9-11-18-15(13-17)6-10-19(22-18)20-3-2-12-24(20)16-7-4-14(5-8-16)21(25)23-26/h4-11,13,20,26H,2-3,12H2,1H3,(H,23,25). The molecule has 1 aromatic heterocycles. The predicted molar refractivity (Wildman–Crippen MR) is 103 cm³/mol. The zero-order valence-corrected chi connectivity index (χ0v) is 15.1.